The smallest absolute Gasteiger partial charge is 0.278 e. The van der Waals surface area contributed by atoms with Crippen LogP contribution in [-0.2, 0) is 32.3 Å². The van der Waals surface area contributed by atoms with E-state index >= 15 is 0 Å². The molecule has 0 aromatic carbocycles. The third-order valence-electron chi connectivity index (χ3n) is 5.67. The van der Waals surface area contributed by atoms with Crippen LogP contribution in [0.1, 0.15) is 11.6 Å². The Balaban J connectivity index is 1.55. The lowest BCUT2D eigenvalue weighted by Crippen LogP contribution is -2.71. The van der Waals surface area contributed by atoms with Gasteiger partial charge >= 0.3 is 0 Å². The number of imidazole rings is 1. The molecule has 4 rings (SSSR count). The number of fused-ring (bicyclic) bond motifs is 1. The van der Waals surface area contributed by atoms with Gasteiger partial charge in [-0.25, -0.2) is 9.13 Å². The first-order chi connectivity index (χ1) is 17.2. The molecule has 0 saturated carbocycles. The summed E-state index contributed by atoms with van der Waals surface area (Å²) in [5, 5.41) is 27.0. The number of thioether (sulfide) groups is 1. The highest BCUT2D eigenvalue weighted by atomic mass is 32.2. The Morgan fingerprint density at radius 1 is 1.44 bits per heavy atom. The summed E-state index contributed by atoms with van der Waals surface area (Å²) in [5.74, 6) is -1.56. The number of rotatable bonds is 9. The van der Waals surface area contributed by atoms with E-state index in [0.717, 1.165) is 16.4 Å². The molecule has 2 aromatic heterocycles. The molecule has 36 heavy (non-hydrogen) atoms. The van der Waals surface area contributed by atoms with Crippen molar-refractivity contribution in [2.45, 2.75) is 31.4 Å². The molecule has 1 fully saturated rings. The monoisotopic (exact) mass is 537 g/mol. The number of hydrogen-bond acceptors (Lipinski definition) is 13. The van der Waals surface area contributed by atoms with E-state index in [2.05, 4.69) is 19.8 Å². The Labute approximate surface area is 212 Å². The molecule has 192 valence electrons. The molecule has 4 heterocycles. The lowest BCUT2D eigenvalue weighted by molar-refractivity contribution is -0.694. The molecule has 2 atom stereocenters. The van der Waals surface area contributed by atoms with E-state index < -0.39 is 29.2 Å². The number of aromatic nitrogens is 4. The average Bonchev–Trinajstić information content (AvgIpc) is 3.38. The zero-order valence-corrected chi connectivity index (χ0v) is 20.8. The minimum absolute atomic E-state index is 0.0609. The summed E-state index contributed by atoms with van der Waals surface area (Å²) < 4.78 is 7.37. The molecule has 15 nitrogen and oxygen atoms in total. The van der Waals surface area contributed by atoms with Crippen LogP contribution in [-0.4, -0.2) is 78.3 Å². The van der Waals surface area contributed by atoms with Crippen LogP contribution in [0.2, 0.25) is 0 Å². The van der Waals surface area contributed by atoms with Crippen LogP contribution in [0.3, 0.4) is 0 Å². The van der Waals surface area contributed by atoms with E-state index in [4.69, 9.17) is 16.3 Å². The molecule has 0 aliphatic carbocycles. The first-order valence-electron chi connectivity index (χ1n) is 10.5. The summed E-state index contributed by atoms with van der Waals surface area (Å²) in [6.45, 7) is 2.12. The second-order valence-electron chi connectivity index (χ2n) is 7.78. The van der Waals surface area contributed by atoms with Crippen molar-refractivity contribution < 1.29 is 34.0 Å². The van der Waals surface area contributed by atoms with Crippen LogP contribution in [0.4, 0.5) is 10.9 Å². The first kappa shape index (κ1) is 25.4. The SMILES string of the molecule is CO/N=C(\C(=O)N[C@@H]1C(=O)N2C(C(=O)[O-])=C(C[n+]3cc(N)n(CCO)c3C)CS[C@H]12)c1nsc(N)n1. The number of carbonyl (C=O) groups excluding carboxylic acids is 3. The van der Waals surface area contributed by atoms with Gasteiger partial charge in [-0.3, -0.25) is 14.5 Å². The maximum absolute atomic E-state index is 13.0. The van der Waals surface area contributed by atoms with Gasteiger partial charge in [0.2, 0.25) is 17.4 Å². The number of carboxylic acid groups (broad SMARTS) is 1. The van der Waals surface area contributed by atoms with E-state index in [1.165, 1.54) is 18.9 Å². The number of oxime groups is 1. The molecule has 6 N–H and O–H groups in total. The minimum atomic E-state index is -1.50. The van der Waals surface area contributed by atoms with Crippen molar-refractivity contribution in [2.75, 3.05) is 30.9 Å². The van der Waals surface area contributed by atoms with Crippen LogP contribution in [0.25, 0.3) is 0 Å². The summed E-state index contributed by atoms with van der Waals surface area (Å²) in [4.78, 5) is 47.6. The van der Waals surface area contributed by atoms with Crippen molar-refractivity contribution >= 4 is 57.7 Å². The fraction of sp³-hybridized carbons (Fsp3) is 0.421. The number of anilines is 2. The summed E-state index contributed by atoms with van der Waals surface area (Å²) >= 11 is 2.16. The predicted octanol–water partition coefficient (Wildman–Crippen LogP) is -3.45. The normalized spacial score (nSPS) is 19.7. The number of nitrogens with one attached hydrogen (secondary N) is 1. The highest BCUT2D eigenvalue weighted by molar-refractivity contribution is 8.00. The van der Waals surface area contributed by atoms with Crippen LogP contribution in [0.15, 0.2) is 22.6 Å². The first-order valence-corrected chi connectivity index (χ1v) is 12.4. The van der Waals surface area contributed by atoms with Gasteiger partial charge in [0.15, 0.2) is 11.3 Å². The third kappa shape index (κ3) is 4.47. The molecule has 17 heteroatoms. The van der Waals surface area contributed by atoms with Crippen LogP contribution in [0.5, 0.6) is 0 Å². The van der Waals surface area contributed by atoms with Crippen LogP contribution in [0, 0.1) is 6.92 Å². The number of β-lactam (4-membered cyclic amide) rings is 1. The fourth-order valence-corrected chi connectivity index (χ4v) is 5.80. The number of nitrogens with two attached hydrogens (primary N) is 2. The molecule has 2 amide bonds. The van der Waals surface area contributed by atoms with E-state index in [-0.39, 0.29) is 47.8 Å². The van der Waals surface area contributed by atoms with Crippen molar-refractivity contribution in [3.8, 4) is 0 Å². The molecule has 0 unspecified atom stereocenters. The fourth-order valence-electron chi connectivity index (χ4n) is 4.03. The molecular formula is C19H23N9O6S2. The van der Waals surface area contributed by atoms with Crippen molar-refractivity contribution in [1.29, 1.82) is 0 Å². The summed E-state index contributed by atoms with van der Waals surface area (Å²) in [7, 11) is 1.24. The van der Waals surface area contributed by atoms with Gasteiger partial charge in [-0.1, -0.05) is 5.16 Å². The van der Waals surface area contributed by atoms with Gasteiger partial charge in [-0.05, 0) is 0 Å². The van der Waals surface area contributed by atoms with Gasteiger partial charge in [0, 0.05) is 29.8 Å². The Morgan fingerprint density at radius 3 is 2.81 bits per heavy atom. The molecule has 2 aliphatic rings. The number of carbonyl (C=O) groups is 3. The zero-order valence-electron chi connectivity index (χ0n) is 19.2. The van der Waals surface area contributed by atoms with Gasteiger partial charge in [0.25, 0.3) is 17.6 Å². The number of carboxylic acids is 1. The molecule has 0 radical (unpaired) electrons. The summed E-state index contributed by atoms with van der Waals surface area (Å²) in [6, 6.07) is -1.01. The third-order valence-corrected chi connectivity index (χ3v) is 7.55. The standard InChI is InChI=1S/C19H23N9O6S2/c1-8-26(6-10(20)27(8)3-4-29)5-9-7-35-17-12(16(31)28(17)13(9)18(32)33)22-15(30)11(24-34-2)14-23-19(21)36-25-14/h6,12,17,29H,3-5,7,20H2,1-2H3,(H3-,21,22,23,25,30,32,33)/b24-11-/t12-,17-/m1/s1. The Morgan fingerprint density at radius 2 is 2.19 bits per heavy atom. The van der Waals surface area contributed by atoms with Crippen molar-refractivity contribution in [2.24, 2.45) is 5.16 Å². The highest BCUT2D eigenvalue weighted by Crippen LogP contribution is 2.40. The van der Waals surface area contributed by atoms with Crippen LogP contribution < -0.4 is 26.5 Å². The number of amides is 2. The van der Waals surface area contributed by atoms with E-state index in [0.29, 0.717) is 17.2 Å². The Kier molecular flexibility index (Phi) is 7.14. The van der Waals surface area contributed by atoms with Crippen molar-refractivity contribution in [3.63, 3.8) is 0 Å². The zero-order chi connectivity index (χ0) is 26.1. The molecule has 0 bridgehead atoms. The van der Waals surface area contributed by atoms with Gasteiger partial charge in [0.05, 0.1) is 18.3 Å². The topological polar surface area (TPSA) is 218 Å². The highest BCUT2D eigenvalue weighted by Gasteiger charge is 2.53. The van der Waals surface area contributed by atoms with Crippen molar-refractivity contribution in [1.82, 2.24) is 24.1 Å². The molecular weight excluding hydrogens is 514 g/mol. The molecule has 2 aliphatic heterocycles. The van der Waals surface area contributed by atoms with E-state index in [1.807, 2.05) is 0 Å². The quantitative estimate of drug-likeness (QED) is 0.107. The number of aliphatic hydroxyl groups is 1. The number of hydrogen-bond donors (Lipinski definition) is 4. The maximum atomic E-state index is 13.0. The lowest BCUT2D eigenvalue weighted by atomic mass is 10.0. The van der Waals surface area contributed by atoms with Gasteiger partial charge < -0.3 is 36.6 Å². The minimum Gasteiger partial charge on any atom is -0.543 e. The molecule has 0 spiro atoms. The van der Waals surface area contributed by atoms with Crippen LogP contribution >= 0.6 is 23.3 Å². The van der Waals surface area contributed by atoms with E-state index in [1.54, 1.807) is 22.3 Å². The second kappa shape index (κ2) is 10.1. The largest absolute Gasteiger partial charge is 0.543 e. The van der Waals surface area contributed by atoms with E-state index in [9.17, 15) is 24.6 Å². The molecule has 2 aromatic rings. The predicted molar refractivity (Wildman–Crippen MR) is 126 cm³/mol. The van der Waals surface area contributed by atoms with Gasteiger partial charge in [0.1, 0.15) is 31.6 Å². The number of nitrogen functional groups attached to an aromatic ring is 2. The number of nitrogens with zero attached hydrogens (tertiary/aromatic N) is 6. The number of aliphatic carboxylic acids is 1. The van der Waals surface area contributed by atoms with Gasteiger partial charge in [-0.15, -0.1) is 11.8 Å². The summed E-state index contributed by atoms with van der Waals surface area (Å²) in [6.07, 6.45) is 1.64. The number of aliphatic hydroxyl groups excluding tert-OH is 1. The average molecular weight is 538 g/mol. The lowest BCUT2D eigenvalue weighted by Gasteiger charge is -2.50. The maximum Gasteiger partial charge on any atom is 0.278 e. The van der Waals surface area contributed by atoms with Gasteiger partial charge in [-0.2, -0.15) is 9.36 Å². The summed E-state index contributed by atoms with van der Waals surface area (Å²) in [5.41, 5.74) is 11.5. The Hall–Kier alpha value is -3.70. The van der Waals surface area contributed by atoms with Crippen molar-refractivity contribution in [3.05, 3.63) is 29.1 Å². The Bertz CT molecular complexity index is 1290. The second-order valence-corrected chi connectivity index (χ2v) is 9.67. The molecule has 1 saturated heterocycles.